The van der Waals surface area contributed by atoms with Crippen molar-refractivity contribution in [3.63, 3.8) is 0 Å². The summed E-state index contributed by atoms with van der Waals surface area (Å²) < 4.78 is 0. The Kier molecular flexibility index (Phi) is 3.92. The molecule has 0 radical (unpaired) electrons. The van der Waals surface area contributed by atoms with Crippen molar-refractivity contribution < 1.29 is 9.59 Å². The number of rotatable bonds is 3. The fourth-order valence-corrected chi connectivity index (χ4v) is 1.28. The molecule has 1 heterocycles. The van der Waals surface area contributed by atoms with Crippen LogP contribution in [-0.2, 0) is 4.79 Å². The predicted octanol–water partition coefficient (Wildman–Crippen LogP) is -1.07. The topological polar surface area (TPSA) is 126 Å². The number of carbonyl (C=O) groups is 2. The lowest BCUT2D eigenvalue weighted by atomic mass is 10.7. The number of H-pyrrole nitrogens is 1. The Morgan fingerprint density at radius 3 is 2.87 bits per heavy atom. The summed E-state index contributed by atoms with van der Waals surface area (Å²) in [6.45, 7) is 0. The lowest BCUT2D eigenvalue weighted by molar-refractivity contribution is -0.117. The van der Waals surface area contributed by atoms with Gasteiger partial charge in [-0.15, -0.1) is 5.10 Å². The fraction of sp³-hybridized carbons (Fsp3) is 0.333. The van der Waals surface area contributed by atoms with E-state index in [2.05, 4.69) is 25.8 Å². The molecule has 3 amide bonds. The number of nitrogens with one attached hydrogen (secondary N) is 3. The van der Waals surface area contributed by atoms with E-state index >= 15 is 0 Å². The van der Waals surface area contributed by atoms with Crippen molar-refractivity contribution in [1.29, 1.82) is 0 Å². The van der Waals surface area contributed by atoms with Crippen molar-refractivity contribution >= 4 is 29.6 Å². The van der Waals surface area contributed by atoms with Gasteiger partial charge in [0.15, 0.2) is 0 Å². The van der Waals surface area contributed by atoms with Crippen molar-refractivity contribution in [2.24, 2.45) is 0 Å². The van der Waals surface area contributed by atoms with Crippen LogP contribution >= 0.6 is 11.8 Å². The van der Waals surface area contributed by atoms with E-state index in [1.165, 1.54) is 7.05 Å². The number of nitrogens with two attached hydrogens (primary N) is 1. The highest BCUT2D eigenvalue weighted by Gasteiger charge is 2.08. The minimum absolute atomic E-state index is 0.0463. The summed E-state index contributed by atoms with van der Waals surface area (Å²) >= 11 is 1.08. The molecule has 0 bridgehead atoms. The number of thioether (sulfide) groups is 1. The Balaban J connectivity index is 2.31. The second kappa shape index (κ2) is 5.20. The maximum absolute atomic E-state index is 11.1. The normalized spacial score (nSPS) is 9.67. The number of carbonyl (C=O) groups excluding carboxylic acids is 2. The third kappa shape index (κ3) is 3.85. The quantitative estimate of drug-likeness (QED) is 0.490. The number of aromatic amines is 1. The molecule has 0 aliphatic rings. The van der Waals surface area contributed by atoms with E-state index < -0.39 is 11.9 Å². The molecule has 0 atom stereocenters. The van der Waals surface area contributed by atoms with E-state index in [0.29, 0.717) is 5.16 Å². The lowest BCUT2D eigenvalue weighted by Crippen LogP contribution is -2.38. The molecule has 0 fully saturated rings. The summed E-state index contributed by atoms with van der Waals surface area (Å²) in [5.41, 5.74) is 5.28. The lowest BCUT2D eigenvalue weighted by Gasteiger charge is -2.00. The highest BCUT2D eigenvalue weighted by atomic mass is 32.2. The van der Waals surface area contributed by atoms with Crippen LogP contribution in [0.25, 0.3) is 0 Å². The van der Waals surface area contributed by atoms with Gasteiger partial charge in [-0.3, -0.25) is 10.1 Å². The van der Waals surface area contributed by atoms with Gasteiger partial charge < -0.3 is 11.1 Å². The van der Waals surface area contributed by atoms with Gasteiger partial charge in [-0.1, -0.05) is 11.8 Å². The van der Waals surface area contributed by atoms with Gasteiger partial charge >= 0.3 is 6.03 Å². The molecule has 9 heteroatoms. The van der Waals surface area contributed by atoms with Crippen molar-refractivity contribution in [2.45, 2.75) is 5.16 Å². The van der Waals surface area contributed by atoms with E-state index in [1.54, 1.807) is 0 Å². The zero-order valence-electron chi connectivity index (χ0n) is 7.90. The maximum Gasteiger partial charge on any atom is 0.321 e. The van der Waals surface area contributed by atoms with E-state index in [0.717, 1.165) is 11.8 Å². The van der Waals surface area contributed by atoms with Crippen LogP contribution in [0.2, 0.25) is 0 Å². The number of nitrogen functional groups attached to an aromatic ring is 1. The summed E-state index contributed by atoms with van der Waals surface area (Å²) in [5.74, 6) is -0.197. The molecule has 15 heavy (non-hydrogen) atoms. The standard InChI is InChI=1S/C6H10N6O2S/c1-8-5(14)9-3(13)2-15-6-10-4(7)11-12-6/h2H2,1H3,(H3,7,10,11,12)(H2,8,9,13,14). The molecule has 0 aromatic carbocycles. The zero-order valence-corrected chi connectivity index (χ0v) is 8.72. The number of imide groups is 1. The molecule has 82 valence electrons. The van der Waals surface area contributed by atoms with Gasteiger partial charge in [-0.2, -0.15) is 4.98 Å². The predicted molar refractivity (Wildman–Crippen MR) is 54.1 cm³/mol. The molecule has 5 N–H and O–H groups in total. The number of anilines is 1. The van der Waals surface area contributed by atoms with Gasteiger partial charge in [0.05, 0.1) is 5.75 Å². The third-order valence-corrected chi connectivity index (χ3v) is 2.14. The zero-order chi connectivity index (χ0) is 11.3. The second-order valence-electron chi connectivity index (χ2n) is 2.42. The first-order valence-electron chi connectivity index (χ1n) is 3.94. The number of nitrogens with zero attached hydrogens (tertiary/aromatic N) is 2. The SMILES string of the molecule is CNC(=O)NC(=O)CSc1n[nH]c(N)n1. The molecule has 0 unspecified atom stereocenters. The van der Waals surface area contributed by atoms with Crippen molar-refractivity contribution in [1.82, 2.24) is 25.8 Å². The van der Waals surface area contributed by atoms with Crippen LogP contribution in [0, 0.1) is 0 Å². The van der Waals surface area contributed by atoms with Crippen LogP contribution in [-0.4, -0.2) is 39.9 Å². The molecule has 1 aromatic heterocycles. The number of hydrogen-bond acceptors (Lipinski definition) is 6. The second-order valence-corrected chi connectivity index (χ2v) is 3.36. The minimum Gasteiger partial charge on any atom is -0.368 e. The molecule has 0 aliphatic heterocycles. The van der Waals surface area contributed by atoms with Gasteiger partial charge in [-0.25, -0.2) is 9.89 Å². The highest BCUT2D eigenvalue weighted by molar-refractivity contribution is 7.99. The number of aromatic nitrogens is 3. The first-order valence-corrected chi connectivity index (χ1v) is 4.92. The van der Waals surface area contributed by atoms with E-state index in [1.807, 2.05) is 0 Å². The minimum atomic E-state index is -0.546. The van der Waals surface area contributed by atoms with Crippen molar-refractivity contribution in [3.8, 4) is 0 Å². The average Bonchev–Trinajstić information content (AvgIpc) is 2.61. The Labute approximate surface area is 89.4 Å². The van der Waals surface area contributed by atoms with Crippen LogP contribution in [0.15, 0.2) is 5.16 Å². The van der Waals surface area contributed by atoms with Crippen molar-refractivity contribution in [2.75, 3.05) is 18.5 Å². The van der Waals surface area contributed by atoms with Crippen LogP contribution in [0.5, 0.6) is 0 Å². The summed E-state index contributed by atoms with van der Waals surface area (Å²) in [6, 6.07) is -0.546. The van der Waals surface area contributed by atoms with Crippen LogP contribution in [0.4, 0.5) is 10.7 Å². The molecule has 0 aliphatic carbocycles. The number of amides is 3. The number of urea groups is 1. The van der Waals surface area contributed by atoms with E-state index in [4.69, 9.17) is 5.73 Å². The fourth-order valence-electron chi connectivity index (χ4n) is 0.678. The summed E-state index contributed by atoms with van der Waals surface area (Å²) in [4.78, 5) is 25.6. The maximum atomic E-state index is 11.1. The van der Waals surface area contributed by atoms with Crippen LogP contribution < -0.4 is 16.4 Å². The highest BCUT2D eigenvalue weighted by Crippen LogP contribution is 2.11. The summed E-state index contributed by atoms with van der Waals surface area (Å²) in [5, 5.41) is 10.9. The molecular formula is C6H10N6O2S. The smallest absolute Gasteiger partial charge is 0.321 e. The molecule has 0 spiro atoms. The molecule has 1 aromatic rings. The monoisotopic (exact) mass is 230 g/mol. The first kappa shape index (κ1) is 11.3. The van der Waals surface area contributed by atoms with Gasteiger partial charge in [-0.05, 0) is 0 Å². The average molecular weight is 230 g/mol. The Morgan fingerprint density at radius 2 is 2.33 bits per heavy atom. The van der Waals surface area contributed by atoms with Gasteiger partial charge in [0.25, 0.3) is 0 Å². The van der Waals surface area contributed by atoms with Gasteiger partial charge in [0, 0.05) is 7.05 Å². The summed E-state index contributed by atoms with van der Waals surface area (Å²) in [7, 11) is 1.42. The Morgan fingerprint density at radius 1 is 1.60 bits per heavy atom. The van der Waals surface area contributed by atoms with E-state index in [9.17, 15) is 9.59 Å². The largest absolute Gasteiger partial charge is 0.368 e. The first-order chi connectivity index (χ1) is 7.11. The number of hydrogen-bond donors (Lipinski definition) is 4. The van der Waals surface area contributed by atoms with Crippen LogP contribution in [0.1, 0.15) is 0 Å². The summed E-state index contributed by atoms with van der Waals surface area (Å²) in [6.07, 6.45) is 0. The third-order valence-electron chi connectivity index (χ3n) is 1.29. The van der Waals surface area contributed by atoms with Gasteiger partial charge in [0.2, 0.25) is 17.0 Å². The molecular weight excluding hydrogens is 220 g/mol. The molecule has 0 saturated carbocycles. The molecule has 8 nitrogen and oxygen atoms in total. The Bertz CT molecular complexity index is 364. The van der Waals surface area contributed by atoms with Crippen LogP contribution in [0.3, 0.4) is 0 Å². The van der Waals surface area contributed by atoms with Crippen molar-refractivity contribution in [3.05, 3.63) is 0 Å². The molecule has 1 rings (SSSR count). The molecule has 0 saturated heterocycles. The Hall–Kier alpha value is -1.77. The van der Waals surface area contributed by atoms with Gasteiger partial charge in [0.1, 0.15) is 0 Å². The van der Waals surface area contributed by atoms with E-state index in [-0.39, 0.29) is 11.7 Å².